The number of nitrogens with two attached hydrogens (primary N) is 1. The molecule has 0 spiro atoms. The van der Waals surface area contributed by atoms with Crippen LogP contribution in [0, 0.1) is 0 Å². The second-order valence-corrected chi connectivity index (χ2v) is 9.36. The van der Waals surface area contributed by atoms with Gasteiger partial charge in [0.25, 0.3) is 5.91 Å². The number of halogens is 3. The van der Waals surface area contributed by atoms with E-state index in [9.17, 15) is 32.3 Å². The maximum absolute atomic E-state index is 13.6. The maximum atomic E-state index is 13.6. The molecule has 0 aliphatic rings. The fraction of sp³-hybridized carbons (Fsp3) is 0.429. The molecular formula is C28H36F3N5O6. The second kappa shape index (κ2) is 17.6. The molecule has 6 N–H and O–H groups in total. The van der Waals surface area contributed by atoms with Crippen LogP contribution in [0.1, 0.15) is 36.8 Å². The molecule has 2 rings (SSSR count). The summed E-state index contributed by atoms with van der Waals surface area (Å²) in [4.78, 5) is 48.5. The summed E-state index contributed by atoms with van der Waals surface area (Å²) in [5.41, 5.74) is 11.0. The van der Waals surface area contributed by atoms with E-state index in [2.05, 4.69) is 15.4 Å². The molecule has 3 amide bonds. The minimum Gasteiger partial charge on any atom is -0.467 e. The van der Waals surface area contributed by atoms with Crippen molar-refractivity contribution >= 4 is 23.9 Å². The number of hydrogen-bond acceptors (Lipinski definition) is 8. The second-order valence-electron chi connectivity index (χ2n) is 9.36. The minimum atomic E-state index is -4.91. The molecule has 42 heavy (non-hydrogen) atoms. The van der Waals surface area contributed by atoms with Crippen molar-refractivity contribution in [2.75, 3.05) is 13.7 Å². The SMILES string of the molecule is COC(=O)[C@H](Cc1ccccc1)NC(=O)CC(NNC(=O)[C@@H](N)CCCCNC(=O)OCc1ccccc1)C(F)(F)F. The number of methoxy groups -OCH3 is 1. The van der Waals surface area contributed by atoms with Crippen LogP contribution in [-0.2, 0) is 36.9 Å². The molecule has 230 valence electrons. The highest BCUT2D eigenvalue weighted by Gasteiger charge is 2.42. The summed E-state index contributed by atoms with van der Waals surface area (Å²) >= 11 is 0. The van der Waals surface area contributed by atoms with Gasteiger partial charge < -0.3 is 25.8 Å². The van der Waals surface area contributed by atoms with Gasteiger partial charge in [-0.25, -0.2) is 15.0 Å². The number of carbonyl (C=O) groups is 4. The average molecular weight is 596 g/mol. The maximum Gasteiger partial charge on any atom is 0.407 e. The van der Waals surface area contributed by atoms with Gasteiger partial charge in [-0.3, -0.25) is 15.0 Å². The number of benzene rings is 2. The monoisotopic (exact) mass is 595 g/mol. The molecule has 3 atom stereocenters. The van der Waals surface area contributed by atoms with Crippen molar-refractivity contribution in [1.29, 1.82) is 0 Å². The molecule has 0 aliphatic carbocycles. The van der Waals surface area contributed by atoms with Crippen LogP contribution in [0.15, 0.2) is 60.7 Å². The Morgan fingerprint density at radius 3 is 2.14 bits per heavy atom. The van der Waals surface area contributed by atoms with Gasteiger partial charge in [0.05, 0.1) is 19.6 Å². The van der Waals surface area contributed by atoms with Crippen LogP contribution in [0.3, 0.4) is 0 Å². The number of carbonyl (C=O) groups excluding carboxylic acids is 4. The van der Waals surface area contributed by atoms with E-state index in [4.69, 9.17) is 10.5 Å². The fourth-order valence-corrected chi connectivity index (χ4v) is 3.71. The smallest absolute Gasteiger partial charge is 0.407 e. The lowest BCUT2D eigenvalue weighted by atomic mass is 10.1. The largest absolute Gasteiger partial charge is 0.467 e. The first-order chi connectivity index (χ1) is 20.0. The third-order valence-electron chi connectivity index (χ3n) is 6.02. The molecular weight excluding hydrogens is 559 g/mol. The molecule has 0 saturated carbocycles. The third-order valence-corrected chi connectivity index (χ3v) is 6.02. The Kier molecular flexibility index (Phi) is 14.3. The predicted octanol–water partition coefficient (Wildman–Crippen LogP) is 2.25. The van der Waals surface area contributed by atoms with E-state index in [1.54, 1.807) is 30.3 Å². The molecule has 1 unspecified atom stereocenters. The number of amides is 3. The van der Waals surface area contributed by atoms with Crippen LogP contribution in [0.4, 0.5) is 18.0 Å². The Bertz CT molecular complexity index is 1140. The van der Waals surface area contributed by atoms with Gasteiger partial charge in [-0.15, -0.1) is 0 Å². The number of hydrazine groups is 1. The van der Waals surface area contributed by atoms with E-state index in [0.717, 1.165) is 12.7 Å². The molecule has 0 bridgehead atoms. The van der Waals surface area contributed by atoms with Crippen molar-refractivity contribution < 1.29 is 41.8 Å². The van der Waals surface area contributed by atoms with Gasteiger partial charge in [-0.1, -0.05) is 60.7 Å². The van der Waals surface area contributed by atoms with Crippen molar-refractivity contribution in [2.24, 2.45) is 5.73 Å². The Balaban J connectivity index is 1.74. The van der Waals surface area contributed by atoms with E-state index in [0.29, 0.717) is 18.4 Å². The van der Waals surface area contributed by atoms with Crippen molar-refractivity contribution in [3.63, 3.8) is 0 Å². The fourth-order valence-electron chi connectivity index (χ4n) is 3.71. The quantitative estimate of drug-likeness (QED) is 0.112. The number of alkyl halides is 3. The molecule has 0 fully saturated rings. The van der Waals surface area contributed by atoms with Crippen molar-refractivity contribution in [3.05, 3.63) is 71.8 Å². The topological polar surface area (TPSA) is 161 Å². The van der Waals surface area contributed by atoms with Crippen LogP contribution in [0.25, 0.3) is 0 Å². The summed E-state index contributed by atoms with van der Waals surface area (Å²) < 4.78 is 50.5. The van der Waals surface area contributed by atoms with Crippen LogP contribution in [0.2, 0.25) is 0 Å². The van der Waals surface area contributed by atoms with E-state index in [1.165, 1.54) is 0 Å². The van der Waals surface area contributed by atoms with Gasteiger partial charge in [0.15, 0.2) is 0 Å². The predicted molar refractivity (Wildman–Crippen MR) is 146 cm³/mol. The minimum absolute atomic E-state index is 0.0132. The summed E-state index contributed by atoms with van der Waals surface area (Å²) in [6.07, 6.45) is -5.64. The Morgan fingerprint density at radius 1 is 0.929 bits per heavy atom. The average Bonchev–Trinajstić information content (AvgIpc) is 2.97. The summed E-state index contributed by atoms with van der Waals surface area (Å²) in [7, 11) is 1.10. The number of rotatable bonds is 16. The molecule has 0 radical (unpaired) electrons. The van der Waals surface area contributed by atoms with Gasteiger partial charge in [0.2, 0.25) is 5.91 Å². The van der Waals surface area contributed by atoms with E-state index in [1.807, 2.05) is 41.2 Å². The summed E-state index contributed by atoms with van der Waals surface area (Å²) in [6, 6.07) is 12.9. The lowest BCUT2D eigenvalue weighted by molar-refractivity contribution is -0.165. The first kappa shape index (κ1) is 34.0. The van der Waals surface area contributed by atoms with Crippen LogP contribution >= 0.6 is 0 Å². The third kappa shape index (κ3) is 13.0. The van der Waals surface area contributed by atoms with Crippen molar-refractivity contribution in [2.45, 2.75) is 63.0 Å². The zero-order valence-corrected chi connectivity index (χ0v) is 23.1. The molecule has 2 aromatic carbocycles. The number of hydrogen-bond donors (Lipinski definition) is 5. The van der Waals surface area contributed by atoms with Gasteiger partial charge in [-0.05, 0) is 30.4 Å². The van der Waals surface area contributed by atoms with Gasteiger partial charge in [0, 0.05) is 13.0 Å². The zero-order chi connectivity index (χ0) is 31.0. The molecule has 2 aromatic rings. The van der Waals surface area contributed by atoms with Crippen molar-refractivity contribution in [3.8, 4) is 0 Å². The normalized spacial score (nSPS) is 13.3. The Morgan fingerprint density at radius 2 is 1.55 bits per heavy atom. The number of esters is 1. The summed E-state index contributed by atoms with van der Waals surface area (Å²) in [5.74, 6) is -2.80. The number of unbranched alkanes of at least 4 members (excludes halogenated alkanes) is 1. The molecule has 0 aliphatic heterocycles. The standard InChI is InChI=1S/C28H36F3N5O6/c1-41-26(39)22(16-19-10-4-2-5-11-19)34-24(37)17-23(28(29,30)31)35-36-25(38)21(32)14-8-9-15-33-27(40)42-18-20-12-6-3-7-13-20/h2-7,10-13,21-23,35H,8-9,14-18,32H2,1H3,(H,33,40)(H,34,37)(H,36,38)/t21-,22-,23?/m0/s1. The van der Waals surface area contributed by atoms with Crippen LogP contribution in [-0.4, -0.2) is 61.8 Å². The molecule has 0 heterocycles. The highest BCUT2D eigenvalue weighted by Crippen LogP contribution is 2.22. The lowest BCUT2D eigenvalue weighted by Gasteiger charge is -2.24. The number of ether oxygens (including phenoxy) is 2. The van der Waals surface area contributed by atoms with Crippen LogP contribution < -0.4 is 27.2 Å². The molecule has 0 saturated heterocycles. The Hall–Kier alpha value is -4.17. The first-order valence-electron chi connectivity index (χ1n) is 13.2. The van der Waals surface area contributed by atoms with Crippen LogP contribution in [0.5, 0.6) is 0 Å². The number of alkyl carbamates (subject to hydrolysis) is 1. The van der Waals surface area contributed by atoms with Crippen molar-refractivity contribution in [1.82, 2.24) is 21.5 Å². The molecule has 0 aromatic heterocycles. The van der Waals surface area contributed by atoms with E-state index < -0.39 is 54.6 Å². The van der Waals surface area contributed by atoms with E-state index >= 15 is 0 Å². The zero-order valence-electron chi connectivity index (χ0n) is 23.1. The van der Waals surface area contributed by atoms with Gasteiger partial charge in [-0.2, -0.15) is 13.2 Å². The Labute approximate surface area is 241 Å². The highest BCUT2D eigenvalue weighted by atomic mass is 19.4. The molecule has 14 heteroatoms. The summed E-state index contributed by atoms with van der Waals surface area (Å²) in [6.45, 7) is 0.368. The summed E-state index contributed by atoms with van der Waals surface area (Å²) in [5, 5.41) is 4.82. The van der Waals surface area contributed by atoms with E-state index in [-0.39, 0.29) is 26.0 Å². The molecule has 11 nitrogen and oxygen atoms in total. The lowest BCUT2D eigenvalue weighted by Crippen LogP contribution is -2.56. The first-order valence-corrected chi connectivity index (χ1v) is 13.2. The van der Waals surface area contributed by atoms with Gasteiger partial charge in [0.1, 0.15) is 18.7 Å². The highest BCUT2D eigenvalue weighted by molar-refractivity contribution is 5.85. The number of nitrogens with one attached hydrogen (secondary N) is 4. The van der Waals surface area contributed by atoms with Gasteiger partial charge >= 0.3 is 18.2 Å².